The number of hydrogen-bond acceptors (Lipinski definition) is 5. The van der Waals surface area contributed by atoms with Crippen molar-refractivity contribution in [2.75, 3.05) is 19.8 Å². The summed E-state index contributed by atoms with van der Waals surface area (Å²) in [4.78, 5) is 4.70. The van der Waals surface area contributed by atoms with E-state index in [1.54, 1.807) is 4.68 Å². The van der Waals surface area contributed by atoms with Gasteiger partial charge in [0, 0.05) is 17.8 Å². The number of ether oxygens (including phenoxy) is 2. The quantitative estimate of drug-likeness (QED) is 0.519. The Morgan fingerprint density at radius 3 is 2.93 bits per heavy atom. The summed E-state index contributed by atoms with van der Waals surface area (Å²) in [7, 11) is 0. The Hall–Kier alpha value is -3.22. The van der Waals surface area contributed by atoms with E-state index in [2.05, 4.69) is 30.2 Å². The fraction of sp³-hybridized carbons (Fsp3) is 0.217. The molecule has 0 bridgehead atoms. The van der Waals surface area contributed by atoms with Crippen LogP contribution in [0.15, 0.2) is 65.2 Å². The lowest BCUT2D eigenvalue weighted by molar-refractivity contribution is -0.0672. The summed E-state index contributed by atoms with van der Waals surface area (Å²) < 4.78 is 18.7. The Morgan fingerprint density at radius 1 is 1.10 bits per heavy atom. The van der Waals surface area contributed by atoms with Crippen LogP contribution in [0.1, 0.15) is 11.3 Å². The standard InChI is InChI=1S/C23H21N3O3/c1-16-3-2-4-17(13-16)20-9-10-26(25-20)23-8-7-22-21(24-23)14-18(29-22)5-6-19-15-27-11-12-28-19/h2-10,13-14,19H,11-12,15H2,1H3/b6-5+/t19-/m0/s1. The maximum atomic E-state index is 5.86. The fourth-order valence-corrected chi connectivity index (χ4v) is 3.37. The van der Waals surface area contributed by atoms with Gasteiger partial charge >= 0.3 is 0 Å². The van der Waals surface area contributed by atoms with E-state index in [0.717, 1.165) is 33.9 Å². The van der Waals surface area contributed by atoms with Crippen molar-refractivity contribution in [2.24, 2.45) is 0 Å². The third-order valence-electron chi connectivity index (χ3n) is 4.83. The lowest BCUT2D eigenvalue weighted by atomic mass is 10.1. The smallest absolute Gasteiger partial charge is 0.154 e. The van der Waals surface area contributed by atoms with E-state index in [-0.39, 0.29) is 6.10 Å². The van der Waals surface area contributed by atoms with Crippen molar-refractivity contribution in [1.29, 1.82) is 0 Å². The van der Waals surface area contributed by atoms with Gasteiger partial charge in [0.05, 0.1) is 31.6 Å². The highest BCUT2D eigenvalue weighted by Gasteiger charge is 2.12. The number of aromatic nitrogens is 3. The molecule has 0 N–H and O–H groups in total. The molecule has 1 aliphatic rings. The van der Waals surface area contributed by atoms with Crippen molar-refractivity contribution < 1.29 is 13.9 Å². The molecule has 5 rings (SSSR count). The molecule has 0 amide bonds. The van der Waals surface area contributed by atoms with Crippen molar-refractivity contribution in [3.8, 4) is 17.1 Å². The van der Waals surface area contributed by atoms with Crippen LogP contribution in [-0.2, 0) is 9.47 Å². The van der Waals surface area contributed by atoms with E-state index >= 15 is 0 Å². The predicted molar refractivity (Wildman–Crippen MR) is 111 cm³/mol. The summed E-state index contributed by atoms with van der Waals surface area (Å²) in [6, 6.07) is 16.0. The highest BCUT2D eigenvalue weighted by atomic mass is 16.6. The first-order chi connectivity index (χ1) is 14.2. The van der Waals surface area contributed by atoms with Crippen LogP contribution in [0.3, 0.4) is 0 Å². The van der Waals surface area contributed by atoms with E-state index in [1.807, 2.05) is 48.7 Å². The molecule has 146 valence electrons. The van der Waals surface area contributed by atoms with Gasteiger partial charge in [-0.25, -0.2) is 9.67 Å². The minimum Gasteiger partial charge on any atom is -0.455 e. The predicted octanol–water partition coefficient (Wildman–Crippen LogP) is 4.42. The van der Waals surface area contributed by atoms with Crippen LogP contribution in [0.4, 0.5) is 0 Å². The van der Waals surface area contributed by atoms with E-state index < -0.39 is 0 Å². The van der Waals surface area contributed by atoms with Gasteiger partial charge in [0.25, 0.3) is 0 Å². The Bertz CT molecular complexity index is 1170. The Morgan fingerprint density at radius 2 is 2.07 bits per heavy atom. The molecule has 0 spiro atoms. The monoisotopic (exact) mass is 387 g/mol. The first-order valence-corrected chi connectivity index (χ1v) is 9.66. The average Bonchev–Trinajstić information content (AvgIpc) is 3.39. The second kappa shape index (κ2) is 7.66. The molecule has 6 nitrogen and oxygen atoms in total. The van der Waals surface area contributed by atoms with Crippen molar-refractivity contribution >= 4 is 17.2 Å². The third-order valence-corrected chi connectivity index (χ3v) is 4.83. The lowest BCUT2D eigenvalue weighted by Gasteiger charge is -2.19. The zero-order chi connectivity index (χ0) is 19.6. The van der Waals surface area contributed by atoms with Gasteiger partial charge in [-0.15, -0.1) is 0 Å². The second-order valence-electron chi connectivity index (χ2n) is 7.06. The van der Waals surface area contributed by atoms with Gasteiger partial charge < -0.3 is 13.9 Å². The Balaban J connectivity index is 1.39. The number of rotatable bonds is 4. The molecule has 1 fully saturated rings. The minimum absolute atomic E-state index is 0.0374. The first-order valence-electron chi connectivity index (χ1n) is 9.66. The summed E-state index contributed by atoms with van der Waals surface area (Å²) >= 11 is 0. The molecule has 0 saturated carbocycles. The molecule has 1 aromatic carbocycles. The van der Waals surface area contributed by atoms with E-state index in [4.69, 9.17) is 18.9 Å². The van der Waals surface area contributed by atoms with Crippen LogP contribution in [0.25, 0.3) is 34.3 Å². The molecule has 0 radical (unpaired) electrons. The van der Waals surface area contributed by atoms with Gasteiger partial charge in [0.15, 0.2) is 11.4 Å². The maximum Gasteiger partial charge on any atom is 0.154 e. The lowest BCUT2D eigenvalue weighted by Crippen LogP contribution is -2.26. The van der Waals surface area contributed by atoms with Gasteiger partial charge in [-0.1, -0.05) is 23.8 Å². The summed E-state index contributed by atoms with van der Waals surface area (Å²) in [5.74, 6) is 1.48. The highest BCUT2D eigenvalue weighted by molar-refractivity contribution is 5.76. The summed E-state index contributed by atoms with van der Waals surface area (Å²) in [6.07, 6.45) is 5.75. The zero-order valence-corrected chi connectivity index (χ0v) is 16.1. The van der Waals surface area contributed by atoms with E-state index in [9.17, 15) is 0 Å². The molecule has 0 aliphatic carbocycles. The Labute approximate surface area is 168 Å². The van der Waals surface area contributed by atoms with Crippen molar-refractivity contribution in [3.63, 3.8) is 0 Å². The van der Waals surface area contributed by atoms with Crippen LogP contribution >= 0.6 is 0 Å². The van der Waals surface area contributed by atoms with Gasteiger partial charge in [-0.3, -0.25) is 0 Å². The SMILES string of the molecule is Cc1cccc(-c2ccn(-c3ccc4oc(/C=C/[C@H]5COCCO5)cc4n3)n2)c1. The number of furan rings is 1. The first kappa shape index (κ1) is 17.8. The van der Waals surface area contributed by atoms with Gasteiger partial charge in [0.1, 0.15) is 11.3 Å². The highest BCUT2D eigenvalue weighted by Crippen LogP contribution is 2.23. The number of hydrogen-bond donors (Lipinski definition) is 0. The summed E-state index contributed by atoms with van der Waals surface area (Å²) in [5.41, 5.74) is 4.74. The number of benzene rings is 1. The van der Waals surface area contributed by atoms with Crippen LogP contribution in [-0.4, -0.2) is 40.7 Å². The minimum atomic E-state index is -0.0374. The fourth-order valence-electron chi connectivity index (χ4n) is 3.37. The van der Waals surface area contributed by atoms with E-state index in [0.29, 0.717) is 19.8 Å². The summed E-state index contributed by atoms with van der Waals surface area (Å²) in [6.45, 7) is 3.92. The van der Waals surface area contributed by atoms with E-state index in [1.165, 1.54) is 5.56 Å². The van der Waals surface area contributed by atoms with Crippen LogP contribution in [0, 0.1) is 6.92 Å². The van der Waals surface area contributed by atoms with Crippen LogP contribution in [0.2, 0.25) is 0 Å². The topological polar surface area (TPSA) is 62.3 Å². The van der Waals surface area contributed by atoms with Gasteiger partial charge in [-0.05, 0) is 43.3 Å². The molecule has 1 saturated heterocycles. The zero-order valence-electron chi connectivity index (χ0n) is 16.1. The molecule has 4 heterocycles. The van der Waals surface area contributed by atoms with Crippen molar-refractivity contribution in [1.82, 2.24) is 14.8 Å². The van der Waals surface area contributed by atoms with Crippen molar-refractivity contribution in [3.05, 3.63) is 72.1 Å². The molecule has 6 heteroatoms. The average molecular weight is 387 g/mol. The van der Waals surface area contributed by atoms with Gasteiger partial charge in [0.2, 0.25) is 0 Å². The maximum absolute atomic E-state index is 5.86. The van der Waals surface area contributed by atoms with Gasteiger partial charge in [-0.2, -0.15) is 5.10 Å². The molecular formula is C23H21N3O3. The number of aryl methyl sites for hydroxylation is 1. The second-order valence-corrected chi connectivity index (χ2v) is 7.06. The Kier molecular flexibility index (Phi) is 4.71. The van der Waals surface area contributed by atoms with Crippen LogP contribution < -0.4 is 0 Å². The molecule has 29 heavy (non-hydrogen) atoms. The molecule has 0 unspecified atom stereocenters. The number of pyridine rings is 1. The third kappa shape index (κ3) is 3.85. The molecule has 3 aromatic heterocycles. The number of nitrogens with zero attached hydrogens (tertiary/aromatic N) is 3. The largest absolute Gasteiger partial charge is 0.455 e. The van der Waals surface area contributed by atoms with Crippen molar-refractivity contribution in [2.45, 2.75) is 13.0 Å². The molecule has 1 aliphatic heterocycles. The molecular weight excluding hydrogens is 366 g/mol. The summed E-state index contributed by atoms with van der Waals surface area (Å²) in [5, 5.41) is 4.68. The normalized spacial score (nSPS) is 17.3. The molecule has 4 aromatic rings. The number of fused-ring (bicyclic) bond motifs is 1. The molecule has 1 atom stereocenters. The van der Waals surface area contributed by atoms with Crippen LogP contribution in [0.5, 0.6) is 0 Å².